The standard InChI is InChI=1S/C18H22F3NO2/c1-12(2)24-15-8-7-13-5-3-4-6-14(16(13)11-15)9-10-22-17(23)18(19,20)21/h7-9,11-12H,3-6,10H2,1-2H3,(H,22,23)/b14-9+. The van der Waals surface area contributed by atoms with Crippen LogP contribution < -0.4 is 10.1 Å². The Hall–Kier alpha value is -1.98. The van der Waals surface area contributed by atoms with Crippen LogP contribution in [0.2, 0.25) is 0 Å². The minimum Gasteiger partial charge on any atom is -0.491 e. The number of allylic oxidation sites excluding steroid dienone is 1. The molecule has 1 aliphatic carbocycles. The predicted molar refractivity (Wildman–Crippen MR) is 86.8 cm³/mol. The van der Waals surface area contributed by atoms with Crippen molar-refractivity contribution in [3.05, 3.63) is 35.4 Å². The highest BCUT2D eigenvalue weighted by Crippen LogP contribution is 2.32. The number of alkyl halides is 3. The molecule has 1 amide bonds. The lowest BCUT2D eigenvalue weighted by molar-refractivity contribution is -0.173. The molecular weight excluding hydrogens is 319 g/mol. The molecule has 1 N–H and O–H groups in total. The van der Waals surface area contributed by atoms with E-state index < -0.39 is 12.1 Å². The average Bonchev–Trinajstić information content (AvgIpc) is 2.68. The van der Waals surface area contributed by atoms with Crippen molar-refractivity contribution in [2.45, 2.75) is 51.8 Å². The zero-order chi connectivity index (χ0) is 17.7. The van der Waals surface area contributed by atoms with Crippen molar-refractivity contribution < 1.29 is 22.7 Å². The summed E-state index contributed by atoms with van der Waals surface area (Å²) in [5.74, 6) is -1.17. The minimum absolute atomic E-state index is 0.0485. The maximum Gasteiger partial charge on any atom is 0.471 e. The van der Waals surface area contributed by atoms with Crippen molar-refractivity contribution in [1.29, 1.82) is 0 Å². The molecule has 3 nitrogen and oxygen atoms in total. The largest absolute Gasteiger partial charge is 0.491 e. The Morgan fingerprint density at radius 1 is 1.29 bits per heavy atom. The lowest BCUT2D eigenvalue weighted by atomic mass is 9.97. The Balaban J connectivity index is 2.19. The van der Waals surface area contributed by atoms with Gasteiger partial charge < -0.3 is 10.1 Å². The van der Waals surface area contributed by atoms with Crippen LogP contribution in [0.3, 0.4) is 0 Å². The molecule has 1 aliphatic rings. The Morgan fingerprint density at radius 3 is 2.67 bits per heavy atom. The number of hydrogen-bond acceptors (Lipinski definition) is 2. The molecule has 0 aliphatic heterocycles. The van der Waals surface area contributed by atoms with Gasteiger partial charge in [0.25, 0.3) is 0 Å². The highest BCUT2D eigenvalue weighted by molar-refractivity contribution is 5.82. The van der Waals surface area contributed by atoms with E-state index in [1.807, 2.05) is 37.4 Å². The number of benzene rings is 1. The van der Waals surface area contributed by atoms with Crippen LogP contribution in [-0.2, 0) is 11.2 Å². The van der Waals surface area contributed by atoms with Gasteiger partial charge in [0.1, 0.15) is 5.75 Å². The van der Waals surface area contributed by atoms with Gasteiger partial charge in [-0.3, -0.25) is 4.79 Å². The predicted octanol–water partition coefficient (Wildman–Crippen LogP) is 4.26. The first-order chi connectivity index (χ1) is 11.3. The van der Waals surface area contributed by atoms with Crippen LogP contribution in [0.1, 0.15) is 44.2 Å². The molecule has 0 saturated carbocycles. The summed E-state index contributed by atoms with van der Waals surface area (Å²) in [6.07, 6.45) is 0.583. The molecule has 0 fully saturated rings. The number of fused-ring (bicyclic) bond motifs is 1. The molecule has 0 saturated heterocycles. The van der Waals surface area contributed by atoms with Crippen LogP contribution in [0.5, 0.6) is 5.75 Å². The minimum atomic E-state index is -4.85. The van der Waals surface area contributed by atoms with E-state index >= 15 is 0 Å². The SMILES string of the molecule is CC(C)Oc1ccc2c(c1)/C(=C/CNC(=O)C(F)(F)F)CCCC2. The van der Waals surface area contributed by atoms with Gasteiger partial charge >= 0.3 is 12.1 Å². The van der Waals surface area contributed by atoms with Crippen molar-refractivity contribution in [2.75, 3.05) is 6.54 Å². The van der Waals surface area contributed by atoms with Crippen LogP contribution in [0.4, 0.5) is 13.2 Å². The first-order valence-corrected chi connectivity index (χ1v) is 8.11. The van der Waals surface area contributed by atoms with Crippen molar-refractivity contribution in [1.82, 2.24) is 5.32 Å². The number of carbonyl (C=O) groups excluding carboxylic acids is 1. The molecule has 0 heterocycles. The second-order valence-electron chi connectivity index (χ2n) is 6.13. The first-order valence-electron chi connectivity index (χ1n) is 8.11. The number of ether oxygens (including phenoxy) is 1. The average molecular weight is 341 g/mol. The zero-order valence-corrected chi connectivity index (χ0v) is 13.9. The van der Waals surface area contributed by atoms with Gasteiger partial charge in [-0.1, -0.05) is 12.1 Å². The van der Waals surface area contributed by atoms with Crippen LogP contribution in [-0.4, -0.2) is 24.7 Å². The summed E-state index contributed by atoms with van der Waals surface area (Å²) in [6.45, 7) is 3.74. The Bertz CT molecular complexity index is 621. The van der Waals surface area contributed by atoms with Gasteiger partial charge in [0.2, 0.25) is 0 Å². The molecule has 0 unspecified atom stereocenters. The van der Waals surface area contributed by atoms with Gasteiger partial charge in [0, 0.05) is 6.54 Å². The molecule has 0 aromatic heterocycles. The summed E-state index contributed by atoms with van der Waals surface area (Å²) in [5.41, 5.74) is 3.13. The summed E-state index contributed by atoms with van der Waals surface area (Å²) >= 11 is 0. The number of aryl methyl sites for hydroxylation is 1. The van der Waals surface area contributed by atoms with Gasteiger partial charge in [-0.25, -0.2) is 0 Å². The van der Waals surface area contributed by atoms with Crippen LogP contribution >= 0.6 is 0 Å². The summed E-state index contributed by atoms with van der Waals surface area (Å²) in [4.78, 5) is 10.9. The van der Waals surface area contributed by atoms with E-state index in [0.717, 1.165) is 48.1 Å². The van der Waals surface area contributed by atoms with Crippen LogP contribution in [0.25, 0.3) is 5.57 Å². The smallest absolute Gasteiger partial charge is 0.471 e. The van der Waals surface area contributed by atoms with Crippen LogP contribution in [0.15, 0.2) is 24.3 Å². The highest BCUT2D eigenvalue weighted by Gasteiger charge is 2.38. The maximum atomic E-state index is 12.2. The summed E-state index contributed by atoms with van der Waals surface area (Å²) < 4.78 is 42.4. The monoisotopic (exact) mass is 341 g/mol. The fourth-order valence-electron chi connectivity index (χ4n) is 2.76. The van der Waals surface area contributed by atoms with E-state index in [2.05, 4.69) is 0 Å². The van der Waals surface area contributed by atoms with E-state index in [-0.39, 0.29) is 12.6 Å². The second kappa shape index (κ2) is 7.73. The number of hydrogen-bond donors (Lipinski definition) is 1. The second-order valence-corrected chi connectivity index (χ2v) is 6.13. The van der Waals surface area contributed by atoms with Crippen molar-refractivity contribution in [2.24, 2.45) is 0 Å². The molecule has 132 valence electrons. The molecule has 0 radical (unpaired) electrons. The van der Waals surface area contributed by atoms with Gasteiger partial charge in [-0.2, -0.15) is 13.2 Å². The Morgan fingerprint density at radius 2 is 2.00 bits per heavy atom. The molecule has 24 heavy (non-hydrogen) atoms. The van der Waals surface area contributed by atoms with E-state index in [1.54, 1.807) is 6.08 Å². The fraction of sp³-hybridized carbons (Fsp3) is 0.500. The third-order valence-corrected chi connectivity index (χ3v) is 3.81. The molecular formula is C18H22F3NO2. The Kier molecular flexibility index (Phi) is 5.91. The fourth-order valence-corrected chi connectivity index (χ4v) is 2.76. The summed E-state index contributed by atoms with van der Waals surface area (Å²) in [6, 6.07) is 5.88. The van der Waals surface area contributed by atoms with Crippen molar-refractivity contribution in [3.63, 3.8) is 0 Å². The van der Waals surface area contributed by atoms with Crippen molar-refractivity contribution in [3.8, 4) is 5.75 Å². The molecule has 0 atom stereocenters. The van der Waals surface area contributed by atoms with Gasteiger partial charge in [-0.15, -0.1) is 0 Å². The summed E-state index contributed by atoms with van der Waals surface area (Å²) in [5, 5.41) is 1.90. The normalized spacial score (nSPS) is 16.7. The third-order valence-electron chi connectivity index (χ3n) is 3.81. The van der Waals surface area contributed by atoms with E-state index in [4.69, 9.17) is 4.74 Å². The maximum absolute atomic E-state index is 12.2. The lowest BCUT2D eigenvalue weighted by Crippen LogP contribution is -2.36. The third kappa shape index (κ3) is 5.01. The van der Waals surface area contributed by atoms with Gasteiger partial charge in [0.15, 0.2) is 0 Å². The number of carbonyl (C=O) groups is 1. The van der Waals surface area contributed by atoms with Crippen molar-refractivity contribution >= 4 is 11.5 Å². The number of amides is 1. The molecule has 2 rings (SSSR count). The zero-order valence-electron chi connectivity index (χ0n) is 13.9. The van der Waals surface area contributed by atoms with Gasteiger partial charge in [-0.05, 0) is 68.4 Å². The molecule has 0 bridgehead atoms. The lowest BCUT2D eigenvalue weighted by Gasteiger charge is -2.15. The van der Waals surface area contributed by atoms with E-state index in [1.165, 1.54) is 0 Å². The first kappa shape index (κ1) is 18.4. The number of rotatable bonds is 4. The topological polar surface area (TPSA) is 38.3 Å². The number of nitrogens with one attached hydrogen (secondary N) is 1. The number of halogens is 3. The highest BCUT2D eigenvalue weighted by atomic mass is 19.4. The van der Waals surface area contributed by atoms with Crippen LogP contribution in [0, 0.1) is 0 Å². The molecule has 0 spiro atoms. The Labute approximate surface area is 139 Å². The molecule has 1 aromatic rings. The molecule has 6 heteroatoms. The molecule has 1 aromatic carbocycles. The quantitative estimate of drug-likeness (QED) is 0.831. The van der Waals surface area contributed by atoms with E-state index in [0.29, 0.717) is 0 Å². The summed E-state index contributed by atoms with van der Waals surface area (Å²) in [7, 11) is 0. The van der Waals surface area contributed by atoms with E-state index in [9.17, 15) is 18.0 Å². The van der Waals surface area contributed by atoms with Gasteiger partial charge in [0.05, 0.1) is 6.10 Å².